The lowest BCUT2D eigenvalue weighted by Crippen LogP contribution is -2.11. The van der Waals surface area contributed by atoms with E-state index in [1.54, 1.807) is 5.38 Å². The second-order valence-electron chi connectivity index (χ2n) is 3.92. The number of anilines is 1. The van der Waals surface area contributed by atoms with Crippen molar-refractivity contribution in [1.82, 2.24) is 0 Å². The van der Waals surface area contributed by atoms with Crippen LogP contribution in [0.25, 0.3) is 0 Å². The normalized spacial score (nSPS) is 10.2. The minimum absolute atomic E-state index is 0.0391. The molecule has 6 heteroatoms. The van der Waals surface area contributed by atoms with Crippen molar-refractivity contribution in [1.29, 1.82) is 0 Å². The molecule has 2 aromatic rings. The molecule has 0 spiro atoms. The first-order valence-electron chi connectivity index (χ1n) is 5.41. The summed E-state index contributed by atoms with van der Waals surface area (Å²) in [5.74, 6) is -1.74. The Bertz CT molecular complexity index is 648. The van der Waals surface area contributed by atoms with Gasteiger partial charge in [-0.1, -0.05) is 0 Å². The Labute approximate surface area is 113 Å². The summed E-state index contributed by atoms with van der Waals surface area (Å²) in [5, 5.41) is 22.8. The third-order valence-corrected chi connectivity index (χ3v) is 3.58. The molecule has 19 heavy (non-hydrogen) atoms. The number of aromatic hydroxyl groups is 1. The van der Waals surface area contributed by atoms with Gasteiger partial charge in [0, 0.05) is 0 Å². The molecule has 0 aliphatic heterocycles. The number of benzene rings is 1. The highest BCUT2D eigenvalue weighted by Gasteiger charge is 2.14. The number of carboxylic acids is 1. The van der Waals surface area contributed by atoms with Gasteiger partial charge in [0.05, 0.1) is 16.1 Å². The van der Waals surface area contributed by atoms with Gasteiger partial charge < -0.3 is 15.5 Å². The highest BCUT2D eigenvalue weighted by molar-refractivity contribution is 7.12. The second kappa shape index (κ2) is 5.11. The molecule has 0 radical (unpaired) electrons. The molecule has 2 rings (SSSR count). The number of phenolic OH excluding ortho intramolecular Hbond substituents is 1. The van der Waals surface area contributed by atoms with E-state index in [1.807, 2.05) is 13.0 Å². The van der Waals surface area contributed by atoms with Gasteiger partial charge in [0.15, 0.2) is 0 Å². The number of carboxylic acid groups (broad SMARTS) is 1. The summed E-state index contributed by atoms with van der Waals surface area (Å²) in [6.07, 6.45) is 0. The molecular weight excluding hydrogens is 266 g/mol. The van der Waals surface area contributed by atoms with Gasteiger partial charge in [0.1, 0.15) is 5.75 Å². The molecule has 0 aliphatic carbocycles. The summed E-state index contributed by atoms with van der Waals surface area (Å²) in [7, 11) is 0. The Balaban J connectivity index is 2.23. The first-order chi connectivity index (χ1) is 8.99. The zero-order valence-electron chi connectivity index (χ0n) is 10.0. The lowest BCUT2D eigenvalue weighted by molar-refractivity contribution is 0.0696. The van der Waals surface area contributed by atoms with Crippen molar-refractivity contribution in [2.45, 2.75) is 6.92 Å². The average molecular weight is 277 g/mol. The van der Waals surface area contributed by atoms with Crippen molar-refractivity contribution in [2.75, 3.05) is 5.32 Å². The molecule has 0 saturated heterocycles. The Hall–Kier alpha value is -2.34. The molecule has 5 nitrogen and oxygen atoms in total. The van der Waals surface area contributed by atoms with E-state index in [9.17, 15) is 14.7 Å². The SMILES string of the molecule is Cc1ccsc1C(=O)Nc1ccc(C(=O)O)cc1O. The highest BCUT2D eigenvalue weighted by Crippen LogP contribution is 2.26. The number of rotatable bonds is 3. The third kappa shape index (κ3) is 2.74. The van der Waals surface area contributed by atoms with Gasteiger partial charge >= 0.3 is 5.97 Å². The molecule has 1 amide bonds. The van der Waals surface area contributed by atoms with Crippen LogP contribution in [0.4, 0.5) is 5.69 Å². The summed E-state index contributed by atoms with van der Waals surface area (Å²) in [6, 6.07) is 5.60. The quantitative estimate of drug-likeness (QED) is 0.753. The van der Waals surface area contributed by atoms with E-state index in [1.165, 1.54) is 23.5 Å². The summed E-state index contributed by atoms with van der Waals surface area (Å²) in [4.78, 5) is 23.2. The van der Waals surface area contributed by atoms with Gasteiger partial charge in [-0.2, -0.15) is 0 Å². The van der Waals surface area contributed by atoms with E-state index in [4.69, 9.17) is 5.11 Å². The minimum atomic E-state index is -1.14. The fourth-order valence-electron chi connectivity index (χ4n) is 1.55. The predicted octanol–water partition coefficient (Wildman–Crippen LogP) is 2.71. The summed E-state index contributed by atoms with van der Waals surface area (Å²) in [6.45, 7) is 1.82. The highest BCUT2D eigenvalue weighted by atomic mass is 32.1. The van der Waals surface area contributed by atoms with Gasteiger partial charge in [-0.15, -0.1) is 11.3 Å². The minimum Gasteiger partial charge on any atom is -0.506 e. The summed E-state index contributed by atoms with van der Waals surface area (Å²) < 4.78 is 0. The Morgan fingerprint density at radius 3 is 2.53 bits per heavy atom. The number of carbonyl (C=O) groups excluding carboxylic acids is 1. The number of amides is 1. The molecule has 0 unspecified atom stereocenters. The maximum Gasteiger partial charge on any atom is 0.335 e. The van der Waals surface area contributed by atoms with Crippen LogP contribution in [0.1, 0.15) is 25.6 Å². The van der Waals surface area contributed by atoms with Crippen molar-refractivity contribution in [2.24, 2.45) is 0 Å². The molecule has 3 N–H and O–H groups in total. The standard InChI is InChI=1S/C13H11NO4S/c1-7-4-5-19-11(7)12(16)14-9-3-2-8(13(17)18)6-10(9)15/h2-6,15H,1H3,(H,14,16)(H,17,18). The number of nitrogens with one attached hydrogen (secondary N) is 1. The predicted molar refractivity (Wildman–Crippen MR) is 72.1 cm³/mol. The average Bonchev–Trinajstić information content (AvgIpc) is 2.77. The number of hydrogen-bond donors (Lipinski definition) is 3. The van der Waals surface area contributed by atoms with Gasteiger partial charge in [-0.25, -0.2) is 4.79 Å². The molecule has 0 atom stereocenters. The van der Waals surface area contributed by atoms with Crippen LogP contribution in [-0.2, 0) is 0 Å². The molecule has 0 aliphatic rings. The maximum absolute atomic E-state index is 11.9. The molecule has 98 valence electrons. The Morgan fingerprint density at radius 2 is 2.00 bits per heavy atom. The van der Waals surface area contributed by atoms with Crippen LogP contribution in [-0.4, -0.2) is 22.1 Å². The van der Waals surface area contributed by atoms with Crippen LogP contribution in [0.15, 0.2) is 29.6 Å². The van der Waals surface area contributed by atoms with Crippen molar-refractivity contribution >= 4 is 28.9 Å². The van der Waals surface area contributed by atoms with E-state index >= 15 is 0 Å². The number of thiophene rings is 1. The molecule has 0 fully saturated rings. The van der Waals surface area contributed by atoms with Gasteiger partial charge in [0.2, 0.25) is 0 Å². The van der Waals surface area contributed by atoms with Crippen LogP contribution in [0, 0.1) is 6.92 Å². The molecule has 0 bridgehead atoms. The van der Waals surface area contributed by atoms with Crippen LogP contribution in [0.2, 0.25) is 0 Å². The topological polar surface area (TPSA) is 86.6 Å². The zero-order valence-corrected chi connectivity index (χ0v) is 10.8. The molecule has 0 saturated carbocycles. The van der Waals surface area contributed by atoms with Gasteiger partial charge in [-0.05, 0) is 42.1 Å². The number of carbonyl (C=O) groups is 2. The molecule has 1 aromatic carbocycles. The molecule has 1 aromatic heterocycles. The van der Waals surface area contributed by atoms with Crippen LogP contribution in [0.5, 0.6) is 5.75 Å². The van der Waals surface area contributed by atoms with Crippen molar-refractivity contribution in [3.63, 3.8) is 0 Å². The third-order valence-electron chi connectivity index (χ3n) is 2.56. The first-order valence-corrected chi connectivity index (χ1v) is 6.28. The zero-order chi connectivity index (χ0) is 14.0. The fourth-order valence-corrected chi connectivity index (χ4v) is 2.38. The van der Waals surface area contributed by atoms with Crippen LogP contribution in [0.3, 0.4) is 0 Å². The van der Waals surface area contributed by atoms with Crippen molar-refractivity contribution in [3.8, 4) is 5.75 Å². The fraction of sp³-hybridized carbons (Fsp3) is 0.0769. The van der Waals surface area contributed by atoms with Crippen molar-refractivity contribution < 1.29 is 19.8 Å². The van der Waals surface area contributed by atoms with Gasteiger partial charge in [-0.3, -0.25) is 4.79 Å². The van der Waals surface area contributed by atoms with Crippen LogP contribution < -0.4 is 5.32 Å². The lowest BCUT2D eigenvalue weighted by Gasteiger charge is -2.07. The lowest BCUT2D eigenvalue weighted by atomic mass is 10.2. The molecular formula is C13H11NO4S. The van der Waals surface area contributed by atoms with E-state index in [0.29, 0.717) is 4.88 Å². The Morgan fingerprint density at radius 1 is 1.26 bits per heavy atom. The van der Waals surface area contributed by atoms with E-state index < -0.39 is 5.97 Å². The maximum atomic E-state index is 11.9. The summed E-state index contributed by atoms with van der Waals surface area (Å²) >= 11 is 1.30. The second-order valence-corrected chi connectivity index (χ2v) is 4.84. The number of aryl methyl sites for hydroxylation is 1. The first kappa shape index (κ1) is 13.1. The van der Waals surface area contributed by atoms with Gasteiger partial charge in [0.25, 0.3) is 5.91 Å². The smallest absolute Gasteiger partial charge is 0.335 e. The van der Waals surface area contributed by atoms with Crippen molar-refractivity contribution in [3.05, 3.63) is 45.6 Å². The largest absolute Gasteiger partial charge is 0.506 e. The number of phenols is 1. The summed E-state index contributed by atoms with van der Waals surface area (Å²) in [5.41, 5.74) is 0.995. The van der Waals surface area contributed by atoms with E-state index in [-0.39, 0.29) is 22.9 Å². The number of aromatic carboxylic acids is 1. The molecule has 1 heterocycles. The van der Waals surface area contributed by atoms with E-state index in [2.05, 4.69) is 5.32 Å². The van der Waals surface area contributed by atoms with E-state index in [0.717, 1.165) is 11.6 Å². The van der Waals surface area contributed by atoms with Crippen LogP contribution >= 0.6 is 11.3 Å². The monoisotopic (exact) mass is 277 g/mol. The Kier molecular flexibility index (Phi) is 3.52. The number of hydrogen-bond acceptors (Lipinski definition) is 4.